The lowest BCUT2D eigenvalue weighted by atomic mass is 10.2. The fourth-order valence-corrected chi connectivity index (χ4v) is 2.77. The van der Waals surface area contributed by atoms with E-state index >= 15 is 0 Å². The van der Waals surface area contributed by atoms with Gasteiger partial charge in [0.2, 0.25) is 17.7 Å². The van der Waals surface area contributed by atoms with E-state index in [1.54, 1.807) is 36.4 Å². The molecular weight excluding hydrogens is 349 g/mol. The molecule has 0 spiro atoms. The Kier molecular flexibility index (Phi) is 5.49. The van der Waals surface area contributed by atoms with Gasteiger partial charge < -0.3 is 16.0 Å². The van der Waals surface area contributed by atoms with Gasteiger partial charge in [0.25, 0.3) is 0 Å². The molecule has 0 radical (unpaired) electrons. The Labute approximate surface area is 156 Å². The van der Waals surface area contributed by atoms with Crippen LogP contribution < -0.4 is 16.0 Å². The van der Waals surface area contributed by atoms with Gasteiger partial charge in [-0.3, -0.25) is 14.4 Å². The number of halogens is 1. The summed E-state index contributed by atoms with van der Waals surface area (Å²) in [6, 6.07) is 12.7. The highest BCUT2D eigenvalue weighted by atomic mass is 19.1. The van der Waals surface area contributed by atoms with Crippen LogP contribution in [0.25, 0.3) is 0 Å². The van der Waals surface area contributed by atoms with Gasteiger partial charge in [-0.15, -0.1) is 0 Å². The molecule has 6 nitrogen and oxygen atoms in total. The molecule has 2 aromatic carbocycles. The third kappa shape index (κ3) is 5.13. The number of carbonyl (C=O) groups excluding carboxylic acids is 3. The minimum absolute atomic E-state index is 0.167. The zero-order valence-electron chi connectivity index (χ0n) is 14.8. The van der Waals surface area contributed by atoms with Crippen LogP contribution in [0.3, 0.4) is 0 Å². The molecule has 140 valence electrons. The summed E-state index contributed by atoms with van der Waals surface area (Å²) in [6.07, 6.45) is 0.505. The Balaban J connectivity index is 1.46. The number of hydrogen-bond acceptors (Lipinski definition) is 3. The number of carbonyl (C=O) groups is 3. The quantitative estimate of drug-likeness (QED) is 0.732. The molecule has 0 aromatic heterocycles. The lowest BCUT2D eigenvalue weighted by molar-refractivity contribution is -0.125. The summed E-state index contributed by atoms with van der Waals surface area (Å²) in [7, 11) is 0. The number of nitrogens with one attached hydrogen (secondary N) is 3. The minimum Gasteiger partial charge on any atom is -0.352 e. The van der Waals surface area contributed by atoms with Crippen LogP contribution in [0.5, 0.6) is 0 Å². The number of amides is 3. The van der Waals surface area contributed by atoms with E-state index in [4.69, 9.17) is 0 Å². The van der Waals surface area contributed by atoms with Crippen molar-refractivity contribution in [3.05, 3.63) is 59.9 Å². The average Bonchev–Trinajstić information content (AvgIpc) is 3.43. The Morgan fingerprint density at radius 2 is 1.44 bits per heavy atom. The van der Waals surface area contributed by atoms with Crippen molar-refractivity contribution in [3.8, 4) is 0 Å². The topological polar surface area (TPSA) is 87.3 Å². The second-order valence-electron chi connectivity index (χ2n) is 6.54. The summed E-state index contributed by atoms with van der Waals surface area (Å²) in [6.45, 7) is 1.72. The van der Waals surface area contributed by atoms with E-state index in [1.807, 2.05) is 0 Å². The standard InChI is InChI=1S/C20H20FN3O3/c1-12(25)23-15-6-8-16(9-7-15)24-20(27)18-10-17(18)19(26)22-11-13-2-4-14(21)5-3-13/h2-9,17-18H,10-11H2,1H3,(H,22,26)(H,23,25)(H,24,27). The number of anilines is 2. The first-order valence-corrected chi connectivity index (χ1v) is 8.63. The molecule has 2 unspecified atom stereocenters. The van der Waals surface area contributed by atoms with Gasteiger partial charge in [-0.1, -0.05) is 12.1 Å². The molecule has 1 aliphatic rings. The van der Waals surface area contributed by atoms with Crippen LogP contribution in [0, 0.1) is 17.7 Å². The summed E-state index contributed by atoms with van der Waals surface area (Å²) in [5.41, 5.74) is 2.04. The van der Waals surface area contributed by atoms with E-state index in [1.165, 1.54) is 19.1 Å². The molecule has 0 bridgehead atoms. The van der Waals surface area contributed by atoms with Crippen molar-refractivity contribution in [2.45, 2.75) is 19.9 Å². The van der Waals surface area contributed by atoms with Crippen molar-refractivity contribution in [3.63, 3.8) is 0 Å². The first kappa shape index (κ1) is 18.6. The van der Waals surface area contributed by atoms with E-state index in [0.29, 0.717) is 24.3 Å². The summed E-state index contributed by atoms with van der Waals surface area (Å²) in [4.78, 5) is 35.4. The summed E-state index contributed by atoms with van der Waals surface area (Å²) >= 11 is 0. The Morgan fingerprint density at radius 3 is 2.04 bits per heavy atom. The minimum atomic E-state index is -0.353. The van der Waals surface area contributed by atoms with Gasteiger partial charge >= 0.3 is 0 Å². The van der Waals surface area contributed by atoms with E-state index in [2.05, 4.69) is 16.0 Å². The molecule has 1 fully saturated rings. The molecule has 3 amide bonds. The Morgan fingerprint density at radius 1 is 0.889 bits per heavy atom. The molecule has 3 rings (SSSR count). The molecule has 0 saturated heterocycles. The van der Waals surface area contributed by atoms with E-state index < -0.39 is 0 Å². The van der Waals surface area contributed by atoms with E-state index in [9.17, 15) is 18.8 Å². The lowest BCUT2D eigenvalue weighted by Crippen LogP contribution is -2.27. The fraction of sp³-hybridized carbons (Fsp3) is 0.250. The summed E-state index contributed by atoms with van der Waals surface area (Å²) in [5.74, 6) is -1.57. The van der Waals surface area contributed by atoms with Gasteiger partial charge in [0.1, 0.15) is 5.82 Å². The van der Waals surface area contributed by atoms with E-state index in [-0.39, 0.29) is 35.4 Å². The molecule has 0 aliphatic heterocycles. The Bertz CT molecular complexity index is 850. The van der Waals surface area contributed by atoms with Crippen LogP contribution >= 0.6 is 0 Å². The van der Waals surface area contributed by atoms with Gasteiger partial charge in [0, 0.05) is 24.8 Å². The highest BCUT2D eigenvalue weighted by molar-refractivity contribution is 5.99. The number of hydrogen-bond donors (Lipinski definition) is 3. The molecule has 3 N–H and O–H groups in total. The average molecular weight is 369 g/mol. The SMILES string of the molecule is CC(=O)Nc1ccc(NC(=O)C2CC2C(=O)NCc2ccc(F)cc2)cc1. The smallest absolute Gasteiger partial charge is 0.228 e. The van der Waals surface area contributed by atoms with Crippen molar-refractivity contribution < 1.29 is 18.8 Å². The molecule has 7 heteroatoms. The zero-order chi connectivity index (χ0) is 19.4. The molecule has 2 aromatic rings. The third-order valence-corrected chi connectivity index (χ3v) is 4.32. The number of rotatable bonds is 6. The maximum absolute atomic E-state index is 12.9. The second kappa shape index (κ2) is 7.99. The molecule has 0 heterocycles. The highest BCUT2D eigenvalue weighted by Crippen LogP contribution is 2.39. The fourth-order valence-electron chi connectivity index (χ4n) is 2.77. The monoisotopic (exact) mass is 369 g/mol. The zero-order valence-corrected chi connectivity index (χ0v) is 14.8. The Hall–Kier alpha value is -3.22. The lowest BCUT2D eigenvalue weighted by Gasteiger charge is -2.07. The predicted octanol–water partition coefficient (Wildman–Crippen LogP) is 2.68. The van der Waals surface area contributed by atoms with Crippen molar-refractivity contribution in [2.24, 2.45) is 11.8 Å². The second-order valence-corrected chi connectivity index (χ2v) is 6.54. The van der Waals surface area contributed by atoms with Crippen molar-refractivity contribution in [1.82, 2.24) is 5.32 Å². The predicted molar refractivity (Wildman–Crippen MR) is 99.2 cm³/mol. The number of benzene rings is 2. The van der Waals surface area contributed by atoms with Gasteiger partial charge in [0.05, 0.1) is 11.8 Å². The van der Waals surface area contributed by atoms with Crippen LogP contribution in [0.1, 0.15) is 18.9 Å². The highest BCUT2D eigenvalue weighted by Gasteiger charge is 2.47. The normalized spacial score (nSPS) is 17.7. The molecule has 27 heavy (non-hydrogen) atoms. The molecule has 2 atom stereocenters. The van der Waals surface area contributed by atoms with E-state index in [0.717, 1.165) is 5.56 Å². The van der Waals surface area contributed by atoms with Crippen LogP contribution in [0.4, 0.5) is 15.8 Å². The van der Waals surface area contributed by atoms with Gasteiger partial charge in [-0.2, -0.15) is 0 Å². The van der Waals surface area contributed by atoms with Crippen LogP contribution in [0.2, 0.25) is 0 Å². The van der Waals surface area contributed by atoms with Gasteiger partial charge in [0.15, 0.2) is 0 Å². The summed E-state index contributed by atoms with van der Waals surface area (Å²) in [5, 5.41) is 8.20. The largest absolute Gasteiger partial charge is 0.352 e. The first-order chi connectivity index (χ1) is 12.9. The maximum Gasteiger partial charge on any atom is 0.228 e. The van der Waals surface area contributed by atoms with Crippen molar-refractivity contribution in [1.29, 1.82) is 0 Å². The third-order valence-electron chi connectivity index (χ3n) is 4.32. The molecule has 1 aliphatic carbocycles. The van der Waals surface area contributed by atoms with Crippen molar-refractivity contribution >= 4 is 29.1 Å². The molecular formula is C20H20FN3O3. The van der Waals surface area contributed by atoms with Crippen molar-refractivity contribution in [2.75, 3.05) is 10.6 Å². The first-order valence-electron chi connectivity index (χ1n) is 8.63. The van der Waals surface area contributed by atoms with Gasteiger partial charge in [-0.25, -0.2) is 4.39 Å². The van der Waals surface area contributed by atoms with Crippen LogP contribution in [-0.4, -0.2) is 17.7 Å². The van der Waals surface area contributed by atoms with Crippen LogP contribution in [-0.2, 0) is 20.9 Å². The summed E-state index contributed by atoms with van der Waals surface area (Å²) < 4.78 is 12.9. The van der Waals surface area contributed by atoms with Crippen LogP contribution in [0.15, 0.2) is 48.5 Å². The molecule has 1 saturated carbocycles. The maximum atomic E-state index is 12.9. The van der Waals surface area contributed by atoms with Gasteiger partial charge in [-0.05, 0) is 48.4 Å².